The minimum atomic E-state index is -0.666. The number of nitrogens with zero attached hydrogens (tertiary/aromatic N) is 2. The Bertz CT molecular complexity index is 989. The van der Waals surface area contributed by atoms with Gasteiger partial charge in [0.25, 0.3) is 0 Å². The number of hydrogen-bond acceptors (Lipinski definition) is 5. The summed E-state index contributed by atoms with van der Waals surface area (Å²) in [4.78, 5) is 30.8. The average molecular weight is 404 g/mol. The second kappa shape index (κ2) is 9.37. The van der Waals surface area contributed by atoms with Crippen LogP contribution in [0, 0.1) is 0 Å². The lowest BCUT2D eigenvalue weighted by molar-refractivity contribution is -0.139. The predicted molar refractivity (Wildman–Crippen MR) is 111 cm³/mol. The number of hydrogen-bond donors (Lipinski definition) is 2. The molecular formula is C23H24N4O3. The first kappa shape index (κ1) is 19.8. The lowest BCUT2D eigenvalue weighted by Crippen LogP contribution is -2.45. The Morgan fingerprint density at radius 3 is 2.63 bits per heavy atom. The number of carbonyl (C=O) groups is 2. The maximum Gasteiger partial charge on any atom is 0.309 e. The molecule has 2 amide bonds. The molecule has 3 aromatic rings. The van der Waals surface area contributed by atoms with Gasteiger partial charge in [-0.15, -0.1) is 0 Å². The zero-order valence-electron chi connectivity index (χ0n) is 16.6. The van der Waals surface area contributed by atoms with Crippen LogP contribution in [0.25, 0.3) is 0 Å². The molecule has 0 bridgehead atoms. The van der Waals surface area contributed by atoms with Gasteiger partial charge in [0.05, 0.1) is 12.3 Å². The van der Waals surface area contributed by atoms with E-state index in [1.165, 1.54) is 11.1 Å². The molecule has 0 saturated heterocycles. The molecule has 0 fully saturated rings. The maximum absolute atomic E-state index is 12.3. The molecule has 2 N–H and O–H groups in total. The highest BCUT2D eigenvalue weighted by Gasteiger charge is 2.27. The summed E-state index contributed by atoms with van der Waals surface area (Å²) in [5, 5.41) is 5.38. The SMILES string of the molecule is O=C(NCc1cccnc1)C(=O)NC[C@H](c1ccco1)N1CCc2ccccc2C1. The normalized spacial score (nSPS) is 14.5. The molecule has 2 aromatic heterocycles. The molecule has 7 nitrogen and oxygen atoms in total. The fourth-order valence-corrected chi connectivity index (χ4v) is 3.71. The highest BCUT2D eigenvalue weighted by atomic mass is 16.3. The van der Waals surface area contributed by atoms with E-state index < -0.39 is 11.8 Å². The van der Waals surface area contributed by atoms with E-state index in [0.29, 0.717) is 0 Å². The third kappa shape index (κ3) is 4.75. The van der Waals surface area contributed by atoms with Gasteiger partial charge in [0.1, 0.15) is 5.76 Å². The average Bonchev–Trinajstić information content (AvgIpc) is 3.32. The van der Waals surface area contributed by atoms with Crippen molar-refractivity contribution in [2.24, 2.45) is 0 Å². The van der Waals surface area contributed by atoms with Crippen LogP contribution < -0.4 is 10.6 Å². The van der Waals surface area contributed by atoms with E-state index in [-0.39, 0.29) is 19.1 Å². The van der Waals surface area contributed by atoms with Crippen molar-refractivity contribution in [3.05, 3.63) is 89.6 Å². The fourth-order valence-electron chi connectivity index (χ4n) is 3.71. The standard InChI is InChI=1S/C23H24N4O3/c28-22(25-14-17-5-3-10-24-13-17)23(29)26-15-20(21-8-4-12-30-21)27-11-9-18-6-1-2-7-19(18)16-27/h1-8,10,12-13,20H,9,11,14-16H2,(H,25,28)(H,26,29)/t20-/m1/s1. The molecule has 1 aliphatic rings. The van der Waals surface area contributed by atoms with Gasteiger partial charge in [-0.2, -0.15) is 0 Å². The molecule has 0 radical (unpaired) electrons. The lowest BCUT2D eigenvalue weighted by atomic mass is 9.98. The van der Waals surface area contributed by atoms with Gasteiger partial charge in [-0.1, -0.05) is 30.3 Å². The smallest absolute Gasteiger partial charge is 0.309 e. The van der Waals surface area contributed by atoms with Crippen LogP contribution in [0.4, 0.5) is 0 Å². The Morgan fingerprint density at radius 1 is 1.03 bits per heavy atom. The van der Waals surface area contributed by atoms with Crippen LogP contribution in [0.3, 0.4) is 0 Å². The van der Waals surface area contributed by atoms with E-state index in [4.69, 9.17) is 4.42 Å². The third-order valence-corrected chi connectivity index (χ3v) is 5.31. The topological polar surface area (TPSA) is 87.5 Å². The zero-order chi connectivity index (χ0) is 20.8. The predicted octanol–water partition coefficient (Wildman–Crippen LogP) is 2.21. The fraction of sp³-hybridized carbons (Fsp3) is 0.261. The molecule has 154 valence electrons. The van der Waals surface area contributed by atoms with Crippen LogP contribution >= 0.6 is 0 Å². The van der Waals surface area contributed by atoms with Crippen molar-refractivity contribution in [1.29, 1.82) is 0 Å². The quantitative estimate of drug-likeness (QED) is 0.615. The summed E-state index contributed by atoms with van der Waals surface area (Å²) in [6.45, 7) is 2.16. The van der Waals surface area contributed by atoms with Crippen molar-refractivity contribution < 1.29 is 14.0 Å². The molecular weight excluding hydrogens is 380 g/mol. The van der Waals surface area contributed by atoms with E-state index >= 15 is 0 Å². The van der Waals surface area contributed by atoms with E-state index in [1.807, 2.05) is 24.3 Å². The Balaban J connectivity index is 1.37. The third-order valence-electron chi connectivity index (χ3n) is 5.31. The zero-order valence-corrected chi connectivity index (χ0v) is 16.6. The molecule has 1 aromatic carbocycles. The lowest BCUT2D eigenvalue weighted by Gasteiger charge is -2.34. The second-order valence-corrected chi connectivity index (χ2v) is 7.27. The second-order valence-electron chi connectivity index (χ2n) is 7.27. The first-order valence-corrected chi connectivity index (χ1v) is 10.00. The maximum atomic E-state index is 12.3. The molecule has 0 spiro atoms. The van der Waals surface area contributed by atoms with Crippen LogP contribution in [0.2, 0.25) is 0 Å². The van der Waals surface area contributed by atoms with Crippen molar-refractivity contribution in [3.63, 3.8) is 0 Å². The highest BCUT2D eigenvalue weighted by molar-refractivity contribution is 6.35. The van der Waals surface area contributed by atoms with Crippen molar-refractivity contribution in [1.82, 2.24) is 20.5 Å². The Hall–Kier alpha value is -3.45. The number of carbonyl (C=O) groups excluding carboxylic acids is 2. The number of pyridine rings is 1. The summed E-state index contributed by atoms with van der Waals surface area (Å²) >= 11 is 0. The van der Waals surface area contributed by atoms with Crippen molar-refractivity contribution in [2.75, 3.05) is 13.1 Å². The Kier molecular flexibility index (Phi) is 6.20. The van der Waals surface area contributed by atoms with Gasteiger partial charge in [0.15, 0.2) is 0 Å². The Morgan fingerprint density at radius 2 is 1.87 bits per heavy atom. The number of nitrogens with one attached hydrogen (secondary N) is 2. The van der Waals surface area contributed by atoms with Crippen LogP contribution in [0.15, 0.2) is 71.6 Å². The van der Waals surface area contributed by atoms with Crippen molar-refractivity contribution in [3.8, 4) is 0 Å². The van der Waals surface area contributed by atoms with Gasteiger partial charge < -0.3 is 15.1 Å². The van der Waals surface area contributed by atoms with Gasteiger partial charge in [0, 0.05) is 38.6 Å². The highest BCUT2D eigenvalue weighted by Crippen LogP contribution is 2.27. The van der Waals surface area contributed by atoms with Gasteiger partial charge in [-0.3, -0.25) is 19.5 Å². The summed E-state index contributed by atoms with van der Waals surface area (Å²) in [5.41, 5.74) is 3.46. The molecule has 0 aliphatic carbocycles. The van der Waals surface area contributed by atoms with E-state index in [0.717, 1.165) is 30.8 Å². The first-order chi connectivity index (χ1) is 14.7. The van der Waals surface area contributed by atoms with E-state index in [9.17, 15) is 9.59 Å². The summed E-state index contributed by atoms with van der Waals surface area (Å²) in [7, 11) is 0. The molecule has 4 rings (SSSR count). The van der Waals surface area contributed by atoms with Crippen molar-refractivity contribution in [2.45, 2.75) is 25.6 Å². The van der Waals surface area contributed by atoms with E-state index in [1.54, 1.807) is 24.7 Å². The molecule has 1 atom stereocenters. The summed E-state index contributed by atoms with van der Waals surface area (Å²) in [6.07, 6.45) is 5.88. The van der Waals surface area contributed by atoms with Crippen LogP contribution in [-0.4, -0.2) is 34.8 Å². The summed E-state index contributed by atoms with van der Waals surface area (Å²) < 4.78 is 5.63. The van der Waals surface area contributed by atoms with Gasteiger partial charge in [0.2, 0.25) is 0 Å². The van der Waals surface area contributed by atoms with Gasteiger partial charge in [-0.05, 0) is 41.3 Å². The number of aromatic nitrogens is 1. The van der Waals surface area contributed by atoms with Crippen LogP contribution in [0.1, 0.15) is 28.5 Å². The largest absolute Gasteiger partial charge is 0.468 e. The molecule has 0 saturated carbocycles. The number of fused-ring (bicyclic) bond motifs is 1. The number of furan rings is 1. The summed E-state index contributed by atoms with van der Waals surface area (Å²) in [5.74, 6) is -0.556. The molecule has 7 heteroatoms. The van der Waals surface area contributed by atoms with Crippen LogP contribution in [-0.2, 0) is 29.1 Å². The van der Waals surface area contributed by atoms with Crippen molar-refractivity contribution >= 4 is 11.8 Å². The van der Waals surface area contributed by atoms with Crippen LogP contribution in [0.5, 0.6) is 0 Å². The molecule has 0 unspecified atom stereocenters. The van der Waals surface area contributed by atoms with E-state index in [2.05, 4.69) is 38.7 Å². The number of rotatable bonds is 6. The molecule has 1 aliphatic heterocycles. The van der Waals surface area contributed by atoms with Gasteiger partial charge in [-0.25, -0.2) is 0 Å². The Labute approximate surface area is 175 Å². The minimum Gasteiger partial charge on any atom is -0.468 e. The molecule has 3 heterocycles. The monoisotopic (exact) mass is 404 g/mol. The summed E-state index contributed by atoms with van der Waals surface area (Å²) in [6, 6.07) is 15.6. The number of benzene rings is 1. The number of amides is 2. The minimum absolute atomic E-state index is 0.150. The first-order valence-electron chi connectivity index (χ1n) is 10.00. The molecule has 30 heavy (non-hydrogen) atoms. The van der Waals surface area contributed by atoms with Gasteiger partial charge >= 0.3 is 11.8 Å².